The number of para-hydroxylation sites is 1. The van der Waals surface area contributed by atoms with Crippen molar-refractivity contribution in [3.8, 4) is 17.2 Å². The Kier molecular flexibility index (Phi) is 9.27. The molecule has 1 saturated heterocycles. The Morgan fingerprint density at radius 3 is 2.33 bits per heavy atom. The van der Waals surface area contributed by atoms with Crippen LogP contribution in [0.5, 0.6) is 17.2 Å². The normalized spacial score (nSPS) is 16.7. The zero-order valence-corrected chi connectivity index (χ0v) is 23.7. The fourth-order valence-electron chi connectivity index (χ4n) is 4.81. The maximum atomic E-state index is 13.5. The lowest BCUT2D eigenvalue weighted by Gasteiger charge is -2.26. The molecule has 1 heterocycles. The van der Waals surface area contributed by atoms with Crippen LogP contribution in [0, 0.1) is 0 Å². The van der Waals surface area contributed by atoms with Crippen LogP contribution in [0.2, 0.25) is 0 Å². The van der Waals surface area contributed by atoms with Gasteiger partial charge in [0.1, 0.15) is 23.0 Å². The van der Waals surface area contributed by atoms with E-state index < -0.39 is 17.7 Å². The highest BCUT2D eigenvalue weighted by Gasteiger charge is 2.46. The number of aliphatic hydroxyl groups excluding tert-OH is 1. The van der Waals surface area contributed by atoms with Gasteiger partial charge in [0, 0.05) is 12.1 Å². The molecule has 0 aliphatic carbocycles. The first-order valence-electron chi connectivity index (χ1n) is 13.7. The summed E-state index contributed by atoms with van der Waals surface area (Å²) in [5.41, 5.74) is 2.03. The molecular weight excluding hydrogens is 506 g/mol. The number of carbonyl (C=O) groups is 2. The lowest BCUT2D eigenvalue weighted by molar-refractivity contribution is -0.140. The first kappa shape index (κ1) is 28.9. The predicted octanol–water partition coefficient (Wildman–Crippen LogP) is 6.85. The highest BCUT2D eigenvalue weighted by molar-refractivity contribution is 6.46. The van der Waals surface area contributed by atoms with E-state index in [9.17, 15) is 14.7 Å². The number of rotatable bonds is 11. The van der Waals surface area contributed by atoms with E-state index in [0.29, 0.717) is 29.2 Å². The van der Waals surface area contributed by atoms with Gasteiger partial charge >= 0.3 is 0 Å². The van der Waals surface area contributed by atoms with Crippen molar-refractivity contribution in [1.82, 2.24) is 4.90 Å². The lowest BCUT2D eigenvalue weighted by atomic mass is 9.93. The third kappa shape index (κ3) is 6.37. The van der Waals surface area contributed by atoms with E-state index >= 15 is 0 Å². The summed E-state index contributed by atoms with van der Waals surface area (Å²) in [6.07, 6.45) is -0.0313. The number of amides is 1. The molecule has 210 valence electrons. The summed E-state index contributed by atoms with van der Waals surface area (Å²) in [6, 6.07) is 21.1. The average Bonchev–Trinajstić information content (AvgIpc) is 3.18. The molecule has 0 radical (unpaired) electrons. The van der Waals surface area contributed by atoms with E-state index in [1.54, 1.807) is 18.2 Å². The molecule has 1 amide bonds. The monoisotopic (exact) mass is 543 g/mol. The molecular formula is C33H37NO6. The molecule has 40 heavy (non-hydrogen) atoms. The Hall–Kier alpha value is -4.10. The zero-order chi connectivity index (χ0) is 28.8. The Labute approximate surface area is 236 Å². The third-order valence-corrected chi connectivity index (χ3v) is 6.68. The second kappa shape index (κ2) is 12.8. The number of nitrogens with zero attached hydrogens (tertiary/aromatic N) is 1. The van der Waals surface area contributed by atoms with Gasteiger partial charge in [-0.15, -0.1) is 0 Å². The van der Waals surface area contributed by atoms with Crippen molar-refractivity contribution in [2.75, 3.05) is 19.8 Å². The summed E-state index contributed by atoms with van der Waals surface area (Å²) in [6.45, 7) is 10.8. The van der Waals surface area contributed by atoms with Crippen LogP contribution in [0.25, 0.3) is 5.76 Å². The summed E-state index contributed by atoms with van der Waals surface area (Å²) in [4.78, 5) is 28.3. The van der Waals surface area contributed by atoms with E-state index in [-0.39, 0.29) is 36.5 Å². The number of aliphatic hydroxyl groups is 1. The molecule has 0 aromatic heterocycles. The number of ketones is 1. The summed E-state index contributed by atoms with van der Waals surface area (Å²) < 4.78 is 17.5. The molecule has 1 aliphatic heterocycles. The van der Waals surface area contributed by atoms with Gasteiger partial charge in [-0.3, -0.25) is 9.59 Å². The lowest BCUT2D eigenvalue weighted by Crippen LogP contribution is -2.33. The van der Waals surface area contributed by atoms with Crippen molar-refractivity contribution in [1.29, 1.82) is 0 Å². The van der Waals surface area contributed by atoms with Crippen LogP contribution in [0.15, 0.2) is 78.4 Å². The first-order valence-corrected chi connectivity index (χ1v) is 13.7. The summed E-state index contributed by atoms with van der Waals surface area (Å²) in [5.74, 6) is 0.417. The van der Waals surface area contributed by atoms with Crippen molar-refractivity contribution in [3.63, 3.8) is 0 Å². The molecule has 7 heteroatoms. The van der Waals surface area contributed by atoms with Crippen LogP contribution in [0.1, 0.15) is 63.3 Å². The number of carbonyl (C=O) groups excluding carboxylic acids is 2. The quantitative estimate of drug-likeness (QED) is 0.162. The number of hydrogen-bond acceptors (Lipinski definition) is 6. The van der Waals surface area contributed by atoms with Gasteiger partial charge in [-0.1, -0.05) is 44.2 Å². The van der Waals surface area contributed by atoms with E-state index in [4.69, 9.17) is 14.2 Å². The predicted molar refractivity (Wildman–Crippen MR) is 155 cm³/mol. The number of ether oxygens (including phenoxy) is 3. The number of benzene rings is 3. The van der Waals surface area contributed by atoms with Crippen LogP contribution in [0.3, 0.4) is 0 Å². The van der Waals surface area contributed by atoms with Crippen LogP contribution in [-0.4, -0.2) is 47.6 Å². The maximum Gasteiger partial charge on any atom is 0.295 e. The van der Waals surface area contributed by atoms with Crippen LogP contribution >= 0.6 is 0 Å². The zero-order valence-electron chi connectivity index (χ0n) is 23.7. The smallest absolute Gasteiger partial charge is 0.295 e. The van der Waals surface area contributed by atoms with Gasteiger partial charge in [-0.05, 0) is 80.3 Å². The average molecular weight is 544 g/mol. The van der Waals surface area contributed by atoms with Gasteiger partial charge in [-0.25, -0.2) is 0 Å². The van der Waals surface area contributed by atoms with E-state index in [1.165, 1.54) is 4.90 Å². The SMILES string of the molecule is CCOc1ccc(/C(O)=C2\C(=O)C(=O)N(CCOC(C)C)C2c2cccc(Oc3ccccc3)c2)cc1C(C)C. The fourth-order valence-corrected chi connectivity index (χ4v) is 4.81. The Balaban J connectivity index is 1.81. The van der Waals surface area contributed by atoms with Crippen molar-refractivity contribution in [2.24, 2.45) is 0 Å². The van der Waals surface area contributed by atoms with Gasteiger partial charge in [0.25, 0.3) is 11.7 Å². The maximum absolute atomic E-state index is 13.5. The molecule has 4 rings (SSSR count). The number of hydrogen-bond donors (Lipinski definition) is 1. The molecule has 1 unspecified atom stereocenters. The Bertz CT molecular complexity index is 1380. The highest BCUT2D eigenvalue weighted by Crippen LogP contribution is 2.41. The molecule has 0 bridgehead atoms. The van der Waals surface area contributed by atoms with Gasteiger partial charge in [0.2, 0.25) is 0 Å². The van der Waals surface area contributed by atoms with Crippen LogP contribution in [0.4, 0.5) is 0 Å². The molecule has 1 atom stereocenters. The molecule has 1 aliphatic rings. The van der Waals surface area contributed by atoms with Crippen molar-refractivity contribution in [3.05, 3.63) is 95.1 Å². The van der Waals surface area contributed by atoms with E-state index in [2.05, 4.69) is 0 Å². The summed E-state index contributed by atoms with van der Waals surface area (Å²) >= 11 is 0. The van der Waals surface area contributed by atoms with E-state index in [1.807, 2.05) is 89.2 Å². The Morgan fingerprint density at radius 1 is 0.925 bits per heavy atom. The fraction of sp³-hybridized carbons (Fsp3) is 0.333. The van der Waals surface area contributed by atoms with Crippen molar-refractivity contribution in [2.45, 2.75) is 52.7 Å². The molecule has 1 fully saturated rings. The second-order valence-electron chi connectivity index (χ2n) is 10.2. The number of Topliss-reactive ketones (excluding diaryl/α,β-unsaturated/α-hetero) is 1. The van der Waals surface area contributed by atoms with Gasteiger partial charge in [0.15, 0.2) is 0 Å². The molecule has 3 aromatic carbocycles. The second-order valence-corrected chi connectivity index (χ2v) is 10.2. The molecule has 1 N–H and O–H groups in total. The summed E-state index contributed by atoms with van der Waals surface area (Å²) in [7, 11) is 0. The minimum absolute atomic E-state index is 0.0313. The standard InChI is InChI=1S/C33H37NO6/c1-6-38-28-16-15-24(20-27(28)21(2)3)31(35)29-30(34(33(37)32(29)36)17-18-39-22(4)5)23-11-10-14-26(19-23)40-25-12-8-7-9-13-25/h7-16,19-22,30,35H,6,17-18H2,1-5H3/b31-29+. The molecule has 3 aromatic rings. The molecule has 0 spiro atoms. The number of likely N-dealkylation sites (tertiary alicyclic amines) is 1. The largest absolute Gasteiger partial charge is 0.507 e. The minimum Gasteiger partial charge on any atom is -0.507 e. The molecule has 7 nitrogen and oxygen atoms in total. The van der Waals surface area contributed by atoms with Gasteiger partial charge in [-0.2, -0.15) is 0 Å². The minimum atomic E-state index is -0.816. The van der Waals surface area contributed by atoms with Crippen molar-refractivity contribution < 1.29 is 28.9 Å². The Morgan fingerprint density at radius 2 is 1.65 bits per heavy atom. The summed E-state index contributed by atoms with van der Waals surface area (Å²) in [5, 5.41) is 11.6. The van der Waals surface area contributed by atoms with Crippen LogP contribution < -0.4 is 9.47 Å². The molecule has 0 saturated carbocycles. The van der Waals surface area contributed by atoms with Gasteiger partial charge in [0.05, 0.1) is 30.9 Å². The van der Waals surface area contributed by atoms with E-state index in [0.717, 1.165) is 11.3 Å². The third-order valence-electron chi connectivity index (χ3n) is 6.68. The first-order chi connectivity index (χ1) is 19.2. The van der Waals surface area contributed by atoms with Crippen LogP contribution in [-0.2, 0) is 14.3 Å². The van der Waals surface area contributed by atoms with Gasteiger partial charge < -0.3 is 24.2 Å². The van der Waals surface area contributed by atoms with Crippen molar-refractivity contribution >= 4 is 17.4 Å². The topological polar surface area (TPSA) is 85.3 Å². The highest BCUT2D eigenvalue weighted by atomic mass is 16.5.